The van der Waals surface area contributed by atoms with Crippen molar-refractivity contribution in [1.82, 2.24) is 19.9 Å². The van der Waals surface area contributed by atoms with Crippen molar-refractivity contribution in [3.63, 3.8) is 0 Å². The van der Waals surface area contributed by atoms with E-state index in [4.69, 9.17) is 17.3 Å². The number of carbonyl (C=O) groups is 3. The van der Waals surface area contributed by atoms with Crippen LogP contribution in [0, 0.1) is 5.92 Å². The molecule has 1 saturated carbocycles. The fourth-order valence-corrected chi connectivity index (χ4v) is 3.66. The van der Waals surface area contributed by atoms with Crippen molar-refractivity contribution in [2.45, 2.75) is 31.7 Å². The number of hydrogen-bond acceptors (Lipinski definition) is 5. The maximum Gasteiger partial charge on any atom is 0.272 e. The van der Waals surface area contributed by atoms with Gasteiger partial charge in [-0.05, 0) is 37.8 Å². The maximum absolute atomic E-state index is 12.5. The zero-order valence-corrected chi connectivity index (χ0v) is 16.1. The average molecular weight is 405 g/mol. The maximum atomic E-state index is 12.5. The SMILES string of the molecule is CNC(=O)c1ncn(C2CCC(C(=O)Nc3cccnc3Cl)CC2)c1C(N)=O. The molecule has 0 spiro atoms. The quantitative estimate of drug-likeness (QED) is 0.653. The Bertz CT molecular complexity index is 904. The van der Waals surface area contributed by atoms with E-state index in [1.165, 1.54) is 13.4 Å². The third-order valence-corrected chi connectivity index (χ3v) is 5.25. The molecule has 3 rings (SSSR count). The Kier molecular flexibility index (Phi) is 5.93. The van der Waals surface area contributed by atoms with Crippen molar-refractivity contribution in [3.05, 3.63) is 41.2 Å². The lowest BCUT2D eigenvalue weighted by Crippen LogP contribution is -2.30. The topological polar surface area (TPSA) is 132 Å². The largest absolute Gasteiger partial charge is 0.364 e. The Labute approximate surface area is 166 Å². The molecule has 10 heteroatoms. The minimum absolute atomic E-state index is 0.0149. The van der Waals surface area contributed by atoms with Gasteiger partial charge < -0.3 is 20.9 Å². The molecule has 0 saturated heterocycles. The van der Waals surface area contributed by atoms with Crippen molar-refractivity contribution >= 4 is 35.0 Å². The molecule has 148 valence electrons. The molecule has 28 heavy (non-hydrogen) atoms. The summed E-state index contributed by atoms with van der Waals surface area (Å²) >= 11 is 5.98. The summed E-state index contributed by atoms with van der Waals surface area (Å²) in [6.07, 6.45) is 5.58. The van der Waals surface area contributed by atoms with Gasteiger partial charge in [-0.1, -0.05) is 11.6 Å². The van der Waals surface area contributed by atoms with Crippen LogP contribution in [0.3, 0.4) is 0 Å². The Balaban J connectivity index is 1.68. The van der Waals surface area contributed by atoms with E-state index >= 15 is 0 Å². The molecule has 0 radical (unpaired) electrons. The van der Waals surface area contributed by atoms with Gasteiger partial charge >= 0.3 is 0 Å². The van der Waals surface area contributed by atoms with Crippen molar-refractivity contribution in [2.24, 2.45) is 11.7 Å². The second-order valence-corrected chi connectivity index (χ2v) is 6.99. The summed E-state index contributed by atoms with van der Waals surface area (Å²) in [7, 11) is 1.46. The molecule has 4 N–H and O–H groups in total. The molecule has 1 aliphatic carbocycles. The van der Waals surface area contributed by atoms with Gasteiger partial charge in [0.1, 0.15) is 5.69 Å². The number of nitrogens with one attached hydrogen (secondary N) is 2. The number of pyridine rings is 1. The fraction of sp³-hybridized carbons (Fsp3) is 0.389. The van der Waals surface area contributed by atoms with Crippen LogP contribution in [-0.4, -0.2) is 39.3 Å². The van der Waals surface area contributed by atoms with E-state index < -0.39 is 11.8 Å². The molecular weight excluding hydrogens is 384 g/mol. The van der Waals surface area contributed by atoms with Crippen molar-refractivity contribution in [3.8, 4) is 0 Å². The first-order chi connectivity index (χ1) is 13.4. The predicted octanol–water partition coefficient (Wildman–Crippen LogP) is 1.76. The number of amides is 3. The number of primary amides is 1. The van der Waals surface area contributed by atoms with E-state index in [1.54, 1.807) is 22.9 Å². The van der Waals surface area contributed by atoms with E-state index in [2.05, 4.69) is 20.6 Å². The smallest absolute Gasteiger partial charge is 0.272 e. The van der Waals surface area contributed by atoms with Crippen molar-refractivity contribution in [2.75, 3.05) is 12.4 Å². The van der Waals surface area contributed by atoms with Gasteiger partial charge in [0.05, 0.1) is 12.0 Å². The highest BCUT2D eigenvalue weighted by Gasteiger charge is 2.31. The minimum atomic E-state index is -0.706. The second-order valence-electron chi connectivity index (χ2n) is 6.63. The highest BCUT2D eigenvalue weighted by Crippen LogP contribution is 2.34. The summed E-state index contributed by atoms with van der Waals surface area (Å²) < 4.78 is 1.65. The number of carbonyl (C=O) groups excluding carboxylic acids is 3. The Morgan fingerprint density at radius 1 is 1.21 bits per heavy atom. The third-order valence-electron chi connectivity index (χ3n) is 4.95. The molecule has 0 aliphatic heterocycles. The summed E-state index contributed by atoms with van der Waals surface area (Å²) in [4.78, 5) is 44.3. The fourth-order valence-electron chi connectivity index (χ4n) is 3.50. The Morgan fingerprint density at radius 3 is 2.54 bits per heavy atom. The summed E-state index contributed by atoms with van der Waals surface area (Å²) in [5.74, 6) is -1.46. The average Bonchev–Trinajstić information content (AvgIpc) is 3.14. The molecule has 2 aromatic heterocycles. The summed E-state index contributed by atoms with van der Waals surface area (Å²) in [5, 5.41) is 5.51. The van der Waals surface area contributed by atoms with Gasteiger partial charge in [-0.15, -0.1) is 0 Å². The molecule has 2 aromatic rings. The van der Waals surface area contributed by atoms with Gasteiger partial charge in [0, 0.05) is 25.2 Å². The Morgan fingerprint density at radius 2 is 1.93 bits per heavy atom. The molecule has 9 nitrogen and oxygen atoms in total. The zero-order valence-electron chi connectivity index (χ0n) is 15.3. The molecule has 0 unspecified atom stereocenters. The molecule has 0 aromatic carbocycles. The number of aromatic nitrogens is 3. The number of imidazole rings is 1. The van der Waals surface area contributed by atoms with Gasteiger partial charge in [-0.25, -0.2) is 9.97 Å². The predicted molar refractivity (Wildman–Crippen MR) is 103 cm³/mol. The first-order valence-corrected chi connectivity index (χ1v) is 9.30. The van der Waals surface area contributed by atoms with Crippen LogP contribution in [-0.2, 0) is 4.79 Å². The van der Waals surface area contributed by atoms with Crippen molar-refractivity contribution < 1.29 is 14.4 Å². The second kappa shape index (κ2) is 8.39. The van der Waals surface area contributed by atoms with Gasteiger partial charge in [-0.3, -0.25) is 14.4 Å². The molecule has 0 atom stereocenters. The number of anilines is 1. The molecular formula is C18H21ClN6O3. The lowest BCUT2D eigenvalue weighted by atomic mass is 9.85. The van der Waals surface area contributed by atoms with E-state index in [0.29, 0.717) is 31.4 Å². The highest BCUT2D eigenvalue weighted by atomic mass is 35.5. The van der Waals surface area contributed by atoms with Crippen LogP contribution in [0.15, 0.2) is 24.7 Å². The van der Waals surface area contributed by atoms with Gasteiger partial charge in [0.25, 0.3) is 11.8 Å². The number of nitrogens with zero attached hydrogens (tertiary/aromatic N) is 3. The minimum Gasteiger partial charge on any atom is -0.364 e. The first kappa shape index (κ1) is 19.8. The monoisotopic (exact) mass is 404 g/mol. The van der Waals surface area contributed by atoms with E-state index in [-0.39, 0.29) is 34.4 Å². The Hall–Kier alpha value is -2.94. The van der Waals surface area contributed by atoms with Crippen molar-refractivity contribution in [1.29, 1.82) is 0 Å². The number of rotatable bonds is 5. The first-order valence-electron chi connectivity index (χ1n) is 8.92. The van der Waals surface area contributed by atoms with Crippen LogP contribution in [0.5, 0.6) is 0 Å². The summed E-state index contributed by atoms with van der Waals surface area (Å²) in [6.45, 7) is 0. The normalized spacial score (nSPS) is 19.1. The summed E-state index contributed by atoms with van der Waals surface area (Å²) in [5.41, 5.74) is 6.06. The lowest BCUT2D eigenvalue weighted by molar-refractivity contribution is -0.121. The number of hydrogen-bond donors (Lipinski definition) is 3. The molecule has 1 aliphatic rings. The standard InChI is InChI=1S/C18H21ClN6O3/c1-21-18(28)13-14(16(20)26)25(9-23-13)11-6-4-10(5-7-11)17(27)24-12-3-2-8-22-15(12)19/h2-3,8-11H,4-7H2,1H3,(H2,20,26)(H,21,28)(H,24,27). The van der Waals surface area contributed by atoms with Gasteiger partial charge in [0.2, 0.25) is 5.91 Å². The third kappa shape index (κ3) is 3.99. The molecule has 2 heterocycles. The summed E-state index contributed by atoms with van der Waals surface area (Å²) in [6, 6.07) is 3.34. The van der Waals surface area contributed by atoms with Crippen LogP contribution >= 0.6 is 11.6 Å². The van der Waals surface area contributed by atoms with E-state index in [0.717, 1.165) is 0 Å². The number of nitrogens with two attached hydrogens (primary N) is 1. The lowest BCUT2D eigenvalue weighted by Gasteiger charge is -2.29. The van der Waals surface area contributed by atoms with Gasteiger partial charge in [0.15, 0.2) is 10.8 Å². The van der Waals surface area contributed by atoms with Crippen LogP contribution in [0.4, 0.5) is 5.69 Å². The van der Waals surface area contributed by atoms with E-state index in [1.807, 2.05) is 0 Å². The van der Waals surface area contributed by atoms with Crippen LogP contribution in [0.25, 0.3) is 0 Å². The van der Waals surface area contributed by atoms with Crippen LogP contribution in [0.2, 0.25) is 5.15 Å². The van der Waals surface area contributed by atoms with Gasteiger partial charge in [-0.2, -0.15) is 0 Å². The van der Waals surface area contributed by atoms with Crippen LogP contribution < -0.4 is 16.4 Å². The zero-order chi connectivity index (χ0) is 20.3. The number of halogens is 1. The molecule has 0 bridgehead atoms. The van der Waals surface area contributed by atoms with E-state index in [9.17, 15) is 14.4 Å². The van der Waals surface area contributed by atoms with Crippen LogP contribution in [0.1, 0.15) is 52.7 Å². The highest BCUT2D eigenvalue weighted by molar-refractivity contribution is 6.32. The molecule has 3 amide bonds. The molecule has 1 fully saturated rings.